The molecular formula is C26H36N8O6. The number of unbranched alkanes of at least 4 members (excludes halogenated alkanes) is 1. The number of carbonyl (C=O) groups is 4. The van der Waals surface area contributed by atoms with Crippen molar-refractivity contribution in [1.82, 2.24) is 30.9 Å². The number of rotatable bonds is 16. The molecule has 0 unspecified atom stereocenters. The molecule has 2 aromatic heterocycles. The van der Waals surface area contributed by atoms with Crippen molar-refractivity contribution >= 4 is 34.6 Å². The zero-order valence-electron chi connectivity index (χ0n) is 21.9. The number of nitrogens with one attached hydrogen (secondary N) is 5. The Morgan fingerprint density at radius 2 is 1.62 bits per heavy atom. The molecule has 1 aromatic carbocycles. The Morgan fingerprint density at radius 3 is 2.30 bits per heavy atom. The summed E-state index contributed by atoms with van der Waals surface area (Å²) in [5.41, 5.74) is 13.8. The first kappa shape index (κ1) is 30.3. The molecule has 0 aliphatic heterocycles. The predicted molar refractivity (Wildman–Crippen MR) is 146 cm³/mol. The van der Waals surface area contributed by atoms with Gasteiger partial charge in [-0.3, -0.25) is 14.4 Å². The third-order valence-corrected chi connectivity index (χ3v) is 6.43. The molecule has 11 N–H and O–H groups in total. The fourth-order valence-corrected chi connectivity index (χ4v) is 4.22. The molecule has 3 aromatic rings. The number of nitrogens with two attached hydrogens (primary N) is 2. The molecule has 14 nitrogen and oxygen atoms in total. The normalized spacial score (nSPS) is 14.2. The summed E-state index contributed by atoms with van der Waals surface area (Å²) >= 11 is 0. The van der Waals surface area contributed by atoms with Crippen LogP contribution in [0.2, 0.25) is 0 Å². The smallest absolute Gasteiger partial charge is 0.326 e. The Balaban J connectivity index is 1.67. The Labute approximate surface area is 230 Å². The Hall–Kier alpha value is -4.27. The maximum absolute atomic E-state index is 13.2. The molecule has 216 valence electrons. The number of para-hydroxylation sites is 1. The lowest BCUT2D eigenvalue weighted by Crippen LogP contribution is -2.58. The molecule has 0 fully saturated rings. The van der Waals surface area contributed by atoms with E-state index in [0.717, 1.165) is 16.5 Å². The van der Waals surface area contributed by atoms with Crippen LogP contribution in [0.3, 0.4) is 0 Å². The van der Waals surface area contributed by atoms with Crippen molar-refractivity contribution in [1.29, 1.82) is 0 Å². The van der Waals surface area contributed by atoms with Crippen LogP contribution in [0.15, 0.2) is 43.0 Å². The first-order valence-electron chi connectivity index (χ1n) is 13.0. The van der Waals surface area contributed by atoms with Crippen molar-refractivity contribution in [2.45, 2.75) is 56.3 Å². The number of aliphatic hydroxyl groups is 1. The highest BCUT2D eigenvalue weighted by Crippen LogP contribution is 2.18. The molecule has 3 amide bonds. The number of carboxylic acid groups (broad SMARTS) is 1. The first-order chi connectivity index (χ1) is 19.2. The SMILES string of the molecule is NCCCC[C@H](NC(=O)[C@@H](CO)NC(=O)[C@H](Cc1c[nH]cn1)NC(=O)[C@H](N)Cc1c[nH]c2ccccc12)C(=O)O. The number of amides is 3. The Kier molecular flexibility index (Phi) is 11.2. The summed E-state index contributed by atoms with van der Waals surface area (Å²) in [4.78, 5) is 60.5. The number of fused-ring (bicyclic) bond motifs is 1. The highest BCUT2D eigenvalue weighted by molar-refractivity contribution is 5.94. The molecule has 2 heterocycles. The molecule has 40 heavy (non-hydrogen) atoms. The van der Waals surface area contributed by atoms with Gasteiger partial charge in [0.1, 0.15) is 18.1 Å². The lowest BCUT2D eigenvalue weighted by atomic mass is 10.0. The molecule has 14 heteroatoms. The number of aromatic amines is 2. The number of H-pyrrole nitrogens is 2. The van der Waals surface area contributed by atoms with Crippen LogP contribution in [-0.4, -0.2) is 86.2 Å². The van der Waals surface area contributed by atoms with E-state index in [9.17, 15) is 29.4 Å². The topological polar surface area (TPSA) is 241 Å². The summed E-state index contributed by atoms with van der Waals surface area (Å²) in [5.74, 6) is -3.50. The van der Waals surface area contributed by atoms with Crippen molar-refractivity contribution in [2.75, 3.05) is 13.2 Å². The van der Waals surface area contributed by atoms with E-state index in [4.69, 9.17) is 11.5 Å². The van der Waals surface area contributed by atoms with Gasteiger partial charge in [-0.1, -0.05) is 18.2 Å². The lowest BCUT2D eigenvalue weighted by molar-refractivity contribution is -0.142. The molecule has 0 bridgehead atoms. The second-order valence-corrected chi connectivity index (χ2v) is 9.42. The quantitative estimate of drug-likeness (QED) is 0.0947. The maximum atomic E-state index is 13.2. The predicted octanol–water partition coefficient (Wildman–Crippen LogP) is -1.34. The monoisotopic (exact) mass is 556 g/mol. The van der Waals surface area contributed by atoms with E-state index < -0.39 is 54.5 Å². The van der Waals surface area contributed by atoms with Gasteiger partial charge < -0.3 is 47.6 Å². The number of aromatic nitrogens is 3. The molecule has 4 atom stereocenters. The molecule has 0 aliphatic carbocycles. The fourth-order valence-electron chi connectivity index (χ4n) is 4.22. The minimum Gasteiger partial charge on any atom is -0.480 e. The summed E-state index contributed by atoms with van der Waals surface area (Å²) in [5, 5.41) is 27.5. The number of hydrogen-bond donors (Lipinski definition) is 9. The molecule has 3 rings (SSSR count). The molecular weight excluding hydrogens is 520 g/mol. The minimum absolute atomic E-state index is 0.0303. The van der Waals surface area contributed by atoms with E-state index in [0.29, 0.717) is 25.1 Å². The van der Waals surface area contributed by atoms with E-state index in [1.54, 1.807) is 12.4 Å². The van der Waals surface area contributed by atoms with Gasteiger partial charge in [0.25, 0.3) is 0 Å². The van der Waals surface area contributed by atoms with E-state index >= 15 is 0 Å². The van der Waals surface area contributed by atoms with Crippen molar-refractivity contribution in [2.24, 2.45) is 11.5 Å². The zero-order chi connectivity index (χ0) is 29.1. The molecule has 0 radical (unpaired) electrons. The number of carbonyl (C=O) groups excluding carboxylic acids is 3. The summed E-state index contributed by atoms with van der Waals surface area (Å²) in [6, 6.07) is 2.73. The van der Waals surface area contributed by atoms with E-state index in [2.05, 4.69) is 30.9 Å². The van der Waals surface area contributed by atoms with Gasteiger partial charge in [0.15, 0.2) is 0 Å². The molecule has 0 saturated carbocycles. The molecule has 0 aliphatic rings. The standard InChI is InChI=1S/C26H36N8O6/c27-8-4-3-7-20(26(39)40)32-25(38)22(13-35)34-24(37)21(10-16-12-29-14-31-16)33-23(36)18(28)9-15-11-30-19-6-2-1-5-17(15)19/h1-2,5-6,11-12,14,18,20-22,30,35H,3-4,7-10,13,27-28H2,(H,29,31)(H,32,38)(H,33,36)(H,34,37)(H,39,40)/t18-,20+,21+,22-/m1/s1. The van der Waals surface area contributed by atoms with Crippen LogP contribution in [0.25, 0.3) is 10.9 Å². The van der Waals surface area contributed by atoms with E-state index in [-0.39, 0.29) is 19.3 Å². The van der Waals surface area contributed by atoms with Crippen LogP contribution in [0.4, 0.5) is 0 Å². The van der Waals surface area contributed by atoms with Crippen LogP contribution in [-0.2, 0) is 32.0 Å². The summed E-state index contributed by atoms with van der Waals surface area (Å²) in [6.45, 7) is -0.417. The van der Waals surface area contributed by atoms with Crippen molar-refractivity contribution < 1.29 is 29.4 Å². The van der Waals surface area contributed by atoms with Crippen LogP contribution < -0.4 is 27.4 Å². The van der Waals surface area contributed by atoms with Gasteiger partial charge in [0.2, 0.25) is 17.7 Å². The average Bonchev–Trinajstić information content (AvgIpc) is 3.60. The van der Waals surface area contributed by atoms with Crippen molar-refractivity contribution in [3.05, 3.63) is 54.2 Å². The third kappa shape index (κ3) is 8.36. The van der Waals surface area contributed by atoms with Gasteiger partial charge in [-0.2, -0.15) is 0 Å². The average molecular weight is 557 g/mol. The minimum atomic E-state index is -1.46. The van der Waals surface area contributed by atoms with Gasteiger partial charge in [0, 0.05) is 29.7 Å². The van der Waals surface area contributed by atoms with Gasteiger partial charge >= 0.3 is 5.97 Å². The van der Waals surface area contributed by atoms with Gasteiger partial charge in [-0.25, -0.2) is 9.78 Å². The number of benzene rings is 1. The highest BCUT2D eigenvalue weighted by atomic mass is 16.4. The number of hydrogen-bond acceptors (Lipinski definition) is 8. The Bertz CT molecular complexity index is 1280. The van der Waals surface area contributed by atoms with Crippen LogP contribution in [0.5, 0.6) is 0 Å². The summed E-state index contributed by atoms with van der Waals surface area (Å²) < 4.78 is 0. The van der Waals surface area contributed by atoms with E-state index in [1.165, 1.54) is 6.33 Å². The van der Waals surface area contributed by atoms with Crippen LogP contribution in [0.1, 0.15) is 30.5 Å². The zero-order valence-corrected chi connectivity index (χ0v) is 21.9. The Morgan fingerprint density at radius 1 is 0.925 bits per heavy atom. The van der Waals surface area contributed by atoms with Crippen molar-refractivity contribution in [3.63, 3.8) is 0 Å². The number of aliphatic carboxylic acids is 1. The summed E-state index contributed by atoms with van der Waals surface area (Å²) in [6.07, 6.45) is 6.10. The first-order valence-corrected chi connectivity index (χ1v) is 13.0. The van der Waals surface area contributed by atoms with Gasteiger partial charge in [-0.05, 0) is 43.9 Å². The van der Waals surface area contributed by atoms with Crippen molar-refractivity contribution in [3.8, 4) is 0 Å². The number of carboxylic acids is 1. The second kappa shape index (κ2) is 14.8. The second-order valence-electron chi connectivity index (χ2n) is 9.42. The van der Waals surface area contributed by atoms with Gasteiger partial charge in [0.05, 0.1) is 24.7 Å². The van der Waals surface area contributed by atoms with E-state index in [1.807, 2.05) is 24.3 Å². The number of nitrogens with zero attached hydrogens (tertiary/aromatic N) is 1. The maximum Gasteiger partial charge on any atom is 0.326 e. The highest BCUT2D eigenvalue weighted by Gasteiger charge is 2.30. The number of imidazole rings is 1. The third-order valence-electron chi connectivity index (χ3n) is 6.43. The molecule has 0 saturated heterocycles. The number of aliphatic hydroxyl groups excluding tert-OH is 1. The van der Waals surface area contributed by atoms with Gasteiger partial charge in [-0.15, -0.1) is 0 Å². The fraction of sp³-hybridized carbons (Fsp3) is 0.423. The van der Waals surface area contributed by atoms with Crippen LogP contribution in [0, 0.1) is 0 Å². The lowest BCUT2D eigenvalue weighted by Gasteiger charge is -2.24. The summed E-state index contributed by atoms with van der Waals surface area (Å²) in [7, 11) is 0. The molecule has 0 spiro atoms. The van der Waals surface area contributed by atoms with Crippen LogP contribution >= 0.6 is 0 Å². The largest absolute Gasteiger partial charge is 0.480 e.